The van der Waals surface area contributed by atoms with Crippen molar-refractivity contribution in [2.24, 2.45) is 0 Å². The third kappa shape index (κ3) is 19.9. The van der Waals surface area contributed by atoms with Crippen molar-refractivity contribution in [1.82, 2.24) is 5.32 Å². The van der Waals surface area contributed by atoms with E-state index in [1.54, 1.807) is 6.08 Å². The van der Waals surface area contributed by atoms with E-state index >= 15 is 0 Å². The van der Waals surface area contributed by atoms with Gasteiger partial charge in [0.2, 0.25) is 5.91 Å². The van der Waals surface area contributed by atoms with E-state index < -0.39 is 75.2 Å². The molecule has 8 atom stereocenters. The van der Waals surface area contributed by atoms with Crippen LogP contribution in [0.1, 0.15) is 123 Å². The molecule has 0 spiro atoms. The molecule has 50 heavy (non-hydrogen) atoms. The van der Waals surface area contributed by atoms with Gasteiger partial charge in [-0.2, -0.15) is 0 Å². The van der Waals surface area contributed by atoms with Gasteiger partial charge in [-0.15, -0.1) is 0 Å². The molecular formula is C36H66NO12P. The predicted octanol–water partition coefficient (Wildman–Crippen LogP) is 3.85. The number of nitrogens with one attached hydrogen (secondary N) is 1. The van der Waals surface area contributed by atoms with E-state index in [0.717, 1.165) is 51.4 Å². The number of allylic oxidation sites excluding steroid dienone is 5. The van der Waals surface area contributed by atoms with Crippen molar-refractivity contribution in [1.29, 1.82) is 0 Å². The summed E-state index contributed by atoms with van der Waals surface area (Å²) in [7, 11) is -5.14. The highest BCUT2D eigenvalue weighted by atomic mass is 31.2. The number of phosphoric acid groups is 1. The molecule has 1 amide bonds. The van der Waals surface area contributed by atoms with Crippen molar-refractivity contribution in [3.05, 3.63) is 36.5 Å². The number of hydrogen-bond acceptors (Lipinski definition) is 11. The van der Waals surface area contributed by atoms with Crippen molar-refractivity contribution in [2.45, 2.75) is 178 Å². The lowest BCUT2D eigenvalue weighted by atomic mass is 9.85. The zero-order valence-corrected chi connectivity index (χ0v) is 30.9. The molecule has 9 N–H and O–H groups in total. The largest absolute Gasteiger partial charge is 0.472 e. The van der Waals surface area contributed by atoms with Crippen LogP contribution >= 0.6 is 7.82 Å². The van der Waals surface area contributed by atoms with Crippen LogP contribution in [0.4, 0.5) is 0 Å². The average molecular weight is 736 g/mol. The maximum atomic E-state index is 12.8. The monoisotopic (exact) mass is 735 g/mol. The van der Waals surface area contributed by atoms with E-state index in [-0.39, 0.29) is 6.42 Å². The van der Waals surface area contributed by atoms with E-state index in [4.69, 9.17) is 9.05 Å². The molecule has 292 valence electrons. The quantitative estimate of drug-likeness (QED) is 0.0317. The van der Waals surface area contributed by atoms with Gasteiger partial charge in [-0.1, -0.05) is 115 Å². The van der Waals surface area contributed by atoms with Gasteiger partial charge in [0.1, 0.15) is 36.6 Å². The van der Waals surface area contributed by atoms with Gasteiger partial charge in [0.25, 0.3) is 0 Å². The highest BCUT2D eigenvalue weighted by Gasteiger charge is 2.51. The summed E-state index contributed by atoms with van der Waals surface area (Å²) in [5.74, 6) is -0.613. The fourth-order valence-corrected chi connectivity index (χ4v) is 6.54. The standard InChI is InChI=1S/C36H66NO12P/c1-3-5-7-9-11-13-14-16-18-20-22-24-29(39)28(37-30(40)25-27(38)23-21-19-17-15-12-10-8-6-4-2)26-48-50(46,47)49-36-34(44)32(42)31(41)33(43)35(36)45/h7,9,14,16,22,24,27-29,31-36,38-39,41-45H,3-6,8,10-13,15,17-21,23,25-26H2,1-2H3,(H,37,40)(H,46,47)/b9-7+,16-14+,24-22+. The van der Waals surface area contributed by atoms with Crippen LogP contribution in [-0.2, 0) is 18.4 Å². The van der Waals surface area contributed by atoms with Crippen LogP contribution < -0.4 is 5.32 Å². The van der Waals surface area contributed by atoms with Crippen molar-refractivity contribution in [3.63, 3.8) is 0 Å². The first kappa shape index (κ1) is 46.5. The number of amides is 1. The molecule has 1 aliphatic carbocycles. The normalized spacial score (nSPS) is 26.0. The Kier molecular flexibility index (Phi) is 25.3. The van der Waals surface area contributed by atoms with Gasteiger partial charge in [0.15, 0.2) is 0 Å². The minimum absolute atomic E-state index is 0.256. The minimum Gasteiger partial charge on any atom is -0.393 e. The second kappa shape index (κ2) is 27.2. The van der Waals surface area contributed by atoms with Gasteiger partial charge in [-0.05, 0) is 38.5 Å². The SMILES string of the molecule is CCC/C=C/CC/C=C/CC/C=C/C(O)C(COP(=O)(O)OC1C(O)C(O)C(O)C(O)C1O)NC(=O)CC(O)CCCCCCCCCCC. The zero-order valence-electron chi connectivity index (χ0n) is 30.0. The number of unbranched alkanes of at least 4 members (excludes halogenated alkanes) is 11. The molecule has 1 fully saturated rings. The highest BCUT2D eigenvalue weighted by Crippen LogP contribution is 2.47. The van der Waals surface area contributed by atoms with Gasteiger partial charge >= 0.3 is 7.82 Å². The molecule has 1 rings (SSSR count). The van der Waals surface area contributed by atoms with Gasteiger partial charge in [0, 0.05) is 0 Å². The molecule has 13 nitrogen and oxygen atoms in total. The first-order chi connectivity index (χ1) is 23.8. The molecule has 0 heterocycles. The summed E-state index contributed by atoms with van der Waals surface area (Å²) in [6, 6.07) is -1.26. The summed E-state index contributed by atoms with van der Waals surface area (Å²) in [6.07, 6.45) is 12.8. The Labute approximate surface area is 298 Å². The second-order valence-electron chi connectivity index (χ2n) is 13.2. The highest BCUT2D eigenvalue weighted by molar-refractivity contribution is 7.47. The Morgan fingerprint density at radius 1 is 0.700 bits per heavy atom. The molecule has 8 unspecified atom stereocenters. The van der Waals surface area contributed by atoms with Crippen molar-refractivity contribution < 1.29 is 59.0 Å². The van der Waals surface area contributed by atoms with Gasteiger partial charge in [-0.25, -0.2) is 4.57 Å². The number of phosphoric ester groups is 1. The minimum atomic E-state index is -5.14. The smallest absolute Gasteiger partial charge is 0.393 e. The predicted molar refractivity (Wildman–Crippen MR) is 192 cm³/mol. The Morgan fingerprint density at radius 3 is 1.72 bits per heavy atom. The summed E-state index contributed by atoms with van der Waals surface area (Å²) in [5, 5.41) is 73.8. The van der Waals surface area contributed by atoms with Crippen molar-refractivity contribution in [2.75, 3.05) is 6.61 Å². The molecule has 0 aromatic carbocycles. The average Bonchev–Trinajstić information content (AvgIpc) is 3.08. The Balaban J connectivity index is 2.74. The number of hydrogen-bond donors (Lipinski definition) is 9. The topological polar surface area (TPSA) is 226 Å². The number of aliphatic hydroxyl groups is 7. The second-order valence-corrected chi connectivity index (χ2v) is 14.6. The molecule has 0 aromatic rings. The third-order valence-corrected chi connectivity index (χ3v) is 9.67. The van der Waals surface area contributed by atoms with Gasteiger partial charge in [0.05, 0.1) is 31.3 Å². The maximum Gasteiger partial charge on any atom is 0.472 e. The van der Waals surface area contributed by atoms with Crippen LogP contribution in [0.15, 0.2) is 36.5 Å². The van der Waals surface area contributed by atoms with Crippen LogP contribution in [0.3, 0.4) is 0 Å². The summed E-state index contributed by atoms with van der Waals surface area (Å²) < 4.78 is 22.6. The summed E-state index contributed by atoms with van der Waals surface area (Å²) in [5.41, 5.74) is 0. The summed E-state index contributed by atoms with van der Waals surface area (Å²) >= 11 is 0. The fraction of sp³-hybridized carbons (Fsp3) is 0.806. The van der Waals surface area contributed by atoms with Gasteiger partial charge < -0.3 is 46.0 Å². The van der Waals surface area contributed by atoms with Crippen LogP contribution in [0, 0.1) is 0 Å². The molecule has 14 heteroatoms. The number of rotatable bonds is 28. The molecule has 0 aliphatic heterocycles. The van der Waals surface area contributed by atoms with Crippen LogP contribution in [0.25, 0.3) is 0 Å². The molecule has 0 aromatic heterocycles. The lowest BCUT2D eigenvalue weighted by Gasteiger charge is -2.41. The zero-order chi connectivity index (χ0) is 37.4. The molecule has 0 saturated heterocycles. The molecule has 1 aliphatic rings. The van der Waals surface area contributed by atoms with E-state index in [0.29, 0.717) is 19.3 Å². The molecule has 1 saturated carbocycles. The summed E-state index contributed by atoms with van der Waals surface area (Å²) in [6.45, 7) is 3.56. The van der Waals surface area contributed by atoms with E-state index in [1.165, 1.54) is 38.2 Å². The van der Waals surface area contributed by atoms with Crippen molar-refractivity contribution >= 4 is 13.7 Å². The molecule has 0 radical (unpaired) electrons. The number of aliphatic hydroxyl groups excluding tert-OH is 7. The van der Waals surface area contributed by atoms with E-state index in [2.05, 4.69) is 37.4 Å². The first-order valence-electron chi connectivity index (χ1n) is 18.5. The summed E-state index contributed by atoms with van der Waals surface area (Å²) in [4.78, 5) is 23.2. The Bertz CT molecular complexity index is 1010. The number of carbonyl (C=O) groups is 1. The number of carbonyl (C=O) groups excluding carboxylic acids is 1. The van der Waals surface area contributed by atoms with Crippen LogP contribution in [-0.4, -0.2) is 108 Å². The maximum absolute atomic E-state index is 12.8. The van der Waals surface area contributed by atoms with Crippen LogP contribution in [0.5, 0.6) is 0 Å². The third-order valence-electron chi connectivity index (χ3n) is 8.69. The Morgan fingerprint density at radius 2 is 1.18 bits per heavy atom. The fourth-order valence-electron chi connectivity index (χ4n) is 5.57. The van der Waals surface area contributed by atoms with Crippen molar-refractivity contribution in [3.8, 4) is 0 Å². The lowest BCUT2D eigenvalue weighted by Crippen LogP contribution is -2.64. The van der Waals surface area contributed by atoms with E-state index in [1.807, 2.05) is 6.08 Å². The lowest BCUT2D eigenvalue weighted by molar-refractivity contribution is -0.220. The van der Waals surface area contributed by atoms with Crippen LogP contribution in [0.2, 0.25) is 0 Å². The first-order valence-corrected chi connectivity index (χ1v) is 20.0. The van der Waals surface area contributed by atoms with Gasteiger partial charge in [-0.3, -0.25) is 13.8 Å². The van der Waals surface area contributed by atoms with E-state index in [9.17, 15) is 50.0 Å². The molecular weight excluding hydrogens is 669 g/mol. The molecule has 0 bridgehead atoms. The Hall–Kier alpha value is -1.48.